The van der Waals surface area contributed by atoms with Gasteiger partial charge >= 0.3 is 0 Å². The van der Waals surface area contributed by atoms with Crippen LogP contribution in [0.3, 0.4) is 0 Å². The van der Waals surface area contributed by atoms with E-state index in [2.05, 4.69) is 14.3 Å². The fraction of sp³-hybridized carbons (Fsp3) is 0.667. The van der Waals surface area contributed by atoms with Crippen LogP contribution in [0.15, 0.2) is 0 Å². The Balaban J connectivity index is 1.98. The summed E-state index contributed by atoms with van der Waals surface area (Å²) >= 11 is 1.44. The summed E-state index contributed by atoms with van der Waals surface area (Å²) in [4.78, 5) is 17.1. The first-order chi connectivity index (χ1) is 6.79. The van der Waals surface area contributed by atoms with Gasteiger partial charge in [0.2, 0.25) is 5.13 Å². The minimum absolute atomic E-state index is 0.250. The molecule has 1 saturated heterocycles. The normalized spacial score (nSPS) is 18.5. The van der Waals surface area contributed by atoms with Gasteiger partial charge in [0.05, 0.1) is 0 Å². The summed E-state index contributed by atoms with van der Waals surface area (Å²) in [6.07, 6.45) is 2.97. The van der Waals surface area contributed by atoms with Crippen molar-refractivity contribution in [2.24, 2.45) is 5.92 Å². The minimum Gasteiger partial charge on any atom is -0.347 e. The monoisotopic (exact) mass is 211 g/mol. The second-order valence-electron chi connectivity index (χ2n) is 3.58. The third-order valence-electron chi connectivity index (χ3n) is 2.52. The Hall–Kier alpha value is -0.970. The number of nitrogens with zero attached hydrogens (tertiary/aromatic N) is 3. The van der Waals surface area contributed by atoms with Gasteiger partial charge in [0.15, 0.2) is 0 Å². The molecule has 0 spiro atoms. The Morgan fingerprint density at radius 1 is 1.50 bits per heavy atom. The fourth-order valence-electron chi connectivity index (χ4n) is 1.64. The molecule has 4 nitrogen and oxygen atoms in total. The highest BCUT2D eigenvalue weighted by atomic mass is 32.1. The molecule has 76 valence electrons. The maximum absolute atomic E-state index is 10.6. The lowest BCUT2D eigenvalue weighted by Crippen LogP contribution is -2.33. The number of piperidine rings is 1. The Morgan fingerprint density at radius 3 is 2.71 bits per heavy atom. The summed E-state index contributed by atoms with van der Waals surface area (Å²) in [7, 11) is 0. The standard InChI is InChI=1S/C9H13N3OS/c1-7-10-9(14-11-7)12-4-2-8(6-13)3-5-12/h6,8H,2-5H2,1H3. The molecule has 2 heterocycles. The number of aromatic nitrogens is 2. The highest BCUT2D eigenvalue weighted by Gasteiger charge is 2.20. The minimum atomic E-state index is 0.250. The lowest BCUT2D eigenvalue weighted by atomic mass is 9.99. The van der Waals surface area contributed by atoms with Gasteiger partial charge in [-0.2, -0.15) is 4.37 Å². The van der Waals surface area contributed by atoms with Crippen molar-refractivity contribution in [2.45, 2.75) is 19.8 Å². The second-order valence-corrected chi connectivity index (χ2v) is 4.32. The number of aryl methyl sites for hydroxylation is 1. The number of hydrogen-bond acceptors (Lipinski definition) is 5. The Kier molecular flexibility index (Phi) is 2.77. The molecular weight excluding hydrogens is 198 g/mol. The molecular formula is C9H13N3OS. The molecule has 0 radical (unpaired) electrons. The van der Waals surface area contributed by atoms with E-state index in [9.17, 15) is 4.79 Å². The SMILES string of the molecule is Cc1nsc(N2CCC(C=O)CC2)n1. The van der Waals surface area contributed by atoms with Gasteiger partial charge in [-0.05, 0) is 19.8 Å². The number of aldehydes is 1. The van der Waals surface area contributed by atoms with Crippen LogP contribution in [0.2, 0.25) is 0 Å². The molecule has 0 saturated carbocycles. The van der Waals surface area contributed by atoms with E-state index in [1.807, 2.05) is 6.92 Å². The molecule has 0 bridgehead atoms. The van der Waals surface area contributed by atoms with Crippen molar-refractivity contribution in [1.82, 2.24) is 9.36 Å². The van der Waals surface area contributed by atoms with Crippen molar-refractivity contribution in [1.29, 1.82) is 0 Å². The predicted octanol–water partition coefficient (Wildman–Crippen LogP) is 1.26. The van der Waals surface area contributed by atoms with E-state index in [4.69, 9.17) is 0 Å². The number of rotatable bonds is 2. The smallest absolute Gasteiger partial charge is 0.205 e. The average Bonchev–Trinajstić information content (AvgIpc) is 2.65. The van der Waals surface area contributed by atoms with E-state index in [-0.39, 0.29) is 5.92 Å². The van der Waals surface area contributed by atoms with Crippen LogP contribution in [-0.4, -0.2) is 28.7 Å². The first-order valence-corrected chi connectivity index (χ1v) is 5.57. The molecule has 0 amide bonds. The number of carbonyl (C=O) groups is 1. The van der Waals surface area contributed by atoms with Crippen molar-refractivity contribution in [3.8, 4) is 0 Å². The molecule has 1 aromatic rings. The van der Waals surface area contributed by atoms with Gasteiger partial charge in [-0.15, -0.1) is 0 Å². The molecule has 14 heavy (non-hydrogen) atoms. The highest BCUT2D eigenvalue weighted by Crippen LogP contribution is 2.23. The summed E-state index contributed by atoms with van der Waals surface area (Å²) in [5.41, 5.74) is 0. The van der Waals surface area contributed by atoms with Crippen LogP contribution in [0.1, 0.15) is 18.7 Å². The van der Waals surface area contributed by atoms with E-state index in [0.29, 0.717) is 0 Å². The second kappa shape index (κ2) is 4.04. The lowest BCUT2D eigenvalue weighted by Gasteiger charge is -2.28. The Bertz CT molecular complexity index is 318. The summed E-state index contributed by atoms with van der Waals surface area (Å²) in [5, 5.41) is 0.992. The summed E-state index contributed by atoms with van der Waals surface area (Å²) in [6, 6.07) is 0. The van der Waals surface area contributed by atoms with Crippen molar-refractivity contribution < 1.29 is 4.79 Å². The van der Waals surface area contributed by atoms with Gasteiger partial charge in [-0.1, -0.05) is 0 Å². The molecule has 1 aliphatic heterocycles. The third-order valence-corrected chi connectivity index (χ3v) is 3.39. The van der Waals surface area contributed by atoms with Crippen molar-refractivity contribution in [2.75, 3.05) is 18.0 Å². The van der Waals surface area contributed by atoms with E-state index in [0.717, 1.165) is 43.2 Å². The van der Waals surface area contributed by atoms with E-state index < -0.39 is 0 Å². The number of hydrogen-bond donors (Lipinski definition) is 0. The molecule has 5 heteroatoms. The van der Waals surface area contributed by atoms with Crippen LogP contribution in [0.4, 0.5) is 5.13 Å². The average molecular weight is 211 g/mol. The van der Waals surface area contributed by atoms with E-state index >= 15 is 0 Å². The van der Waals surface area contributed by atoms with Gasteiger partial charge in [-0.3, -0.25) is 0 Å². The lowest BCUT2D eigenvalue weighted by molar-refractivity contribution is -0.111. The number of anilines is 1. The van der Waals surface area contributed by atoms with E-state index in [1.165, 1.54) is 11.5 Å². The third kappa shape index (κ3) is 1.92. The predicted molar refractivity (Wildman–Crippen MR) is 55.6 cm³/mol. The van der Waals surface area contributed by atoms with Crippen LogP contribution in [0.5, 0.6) is 0 Å². The van der Waals surface area contributed by atoms with Gasteiger partial charge in [0.25, 0.3) is 0 Å². The molecule has 1 fully saturated rings. The number of carbonyl (C=O) groups excluding carboxylic acids is 1. The molecule has 0 aliphatic carbocycles. The zero-order valence-electron chi connectivity index (χ0n) is 8.14. The first kappa shape index (κ1) is 9.58. The van der Waals surface area contributed by atoms with Crippen LogP contribution >= 0.6 is 11.5 Å². The van der Waals surface area contributed by atoms with E-state index in [1.54, 1.807) is 0 Å². The zero-order valence-corrected chi connectivity index (χ0v) is 8.96. The molecule has 0 aromatic carbocycles. The summed E-state index contributed by atoms with van der Waals surface area (Å²) < 4.78 is 4.15. The summed E-state index contributed by atoms with van der Waals surface area (Å²) in [6.45, 7) is 3.76. The topological polar surface area (TPSA) is 46.1 Å². The van der Waals surface area contributed by atoms with Crippen LogP contribution in [0.25, 0.3) is 0 Å². The Labute approximate surface area is 87.1 Å². The molecule has 1 aliphatic rings. The zero-order chi connectivity index (χ0) is 9.97. The molecule has 0 atom stereocenters. The maximum Gasteiger partial charge on any atom is 0.205 e. The van der Waals surface area contributed by atoms with Crippen molar-refractivity contribution >= 4 is 23.0 Å². The molecule has 0 N–H and O–H groups in total. The fourth-order valence-corrected chi connectivity index (χ4v) is 2.37. The van der Waals surface area contributed by atoms with Gasteiger partial charge < -0.3 is 9.69 Å². The molecule has 1 aromatic heterocycles. The van der Waals surface area contributed by atoms with Gasteiger partial charge in [0, 0.05) is 30.5 Å². The Morgan fingerprint density at radius 2 is 2.21 bits per heavy atom. The van der Waals surface area contributed by atoms with Gasteiger partial charge in [-0.25, -0.2) is 4.98 Å². The first-order valence-electron chi connectivity index (χ1n) is 4.80. The quantitative estimate of drug-likeness (QED) is 0.691. The maximum atomic E-state index is 10.6. The summed E-state index contributed by atoms with van der Waals surface area (Å²) in [5.74, 6) is 1.09. The van der Waals surface area contributed by atoms with Crippen LogP contribution in [-0.2, 0) is 4.79 Å². The van der Waals surface area contributed by atoms with Crippen LogP contribution < -0.4 is 4.90 Å². The highest BCUT2D eigenvalue weighted by molar-refractivity contribution is 7.09. The van der Waals surface area contributed by atoms with Crippen molar-refractivity contribution in [3.63, 3.8) is 0 Å². The molecule has 2 rings (SSSR count). The van der Waals surface area contributed by atoms with Crippen molar-refractivity contribution in [3.05, 3.63) is 5.82 Å². The molecule has 0 unspecified atom stereocenters. The largest absolute Gasteiger partial charge is 0.347 e. The van der Waals surface area contributed by atoms with Crippen LogP contribution in [0, 0.1) is 12.8 Å². The van der Waals surface area contributed by atoms with Gasteiger partial charge in [0.1, 0.15) is 12.1 Å².